The summed E-state index contributed by atoms with van der Waals surface area (Å²) in [6.07, 6.45) is -0.437. The molecule has 0 heterocycles. The van der Waals surface area contributed by atoms with Crippen LogP contribution in [-0.2, 0) is 23.9 Å². The summed E-state index contributed by atoms with van der Waals surface area (Å²) in [5.41, 5.74) is 5.92. The number of carboxylic acids is 1. The third-order valence-electron chi connectivity index (χ3n) is 6.80. The van der Waals surface area contributed by atoms with E-state index in [1.54, 1.807) is 26.8 Å². The van der Waals surface area contributed by atoms with Crippen molar-refractivity contribution in [2.75, 3.05) is 0 Å². The molecular weight excluding hydrogens is 514 g/mol. The van der Waals surface area contributed by atoms with Crippen LogP contribution in [0.5, 0.6) is 11.5 Å². The van der Waals surface area contributed by atoms with Gasteiger partial charge in [-0.2, -0.15) is 0 Å². The monoisotopic (exact) mass is 563 g/mol. The van der Waals surface area contributed by atoms with E-state index < -0.39 is 41.9 Å². The molecule has 9 nitrogen and oxygen atoms in total. The highest BCUT2D eigenvalue weighted by Crippen LogP contribution is 2.38. The summed E-state index contributed by atoms with van der Waals surface area (Å²) in [4.78, 5) is 50.0. The number of hydrogen-bond acceptors (Lipinski definition) is 8. The molecule has 5 atom stereocenters. The number of ether oxygens (including phenoxy) is 3. The lowest BCUT2D eigenvalue weighted by atomic mass is 9.79. The van der Waals surface area contributed by atoms with Crippen LogP contribution in [0.3, 0.4) is 0 Å². The number of esters is 3. The van der Waals surface area contributed by atoms with Crippen molar-refractivity contribution in [1.29, 1.82) is 0 Å². The van der Waals surface area contributed by atoms with Crippen LogP contribution in [0.25, 0.3) is 0 Å². The minimum Gasteiger partial charge on any atom is -0.480 e. The average Bonchev–Trinajstić information content (AvgIpc) is 2.77. The van der Waals surface area contributed by atoms with Crippen LogP contribution in [0.1, 0.15) is 100 Å². The van der Waals surface area contributed by atoms with E-state index in [0.717, 1.165) is 0 Å². The molecule has 0 bridgehead atoms. The molecule has 1 rings (SSSR count). The topological polar surface area (TPSA) is 142 Å². The number of nitrogens with two attached hydrogens (primary N) is 1. The minimum atomic E-state index is -1.36. The van der Waals surface area contributed by atoms with Gasteiger partial charge in [-0.05, 0) is 41.4 Å². The molecule has 0 radical (unpaired) electrons. The minimum absolute atomic E-state index is 0.0122. The Morgan fingerprint density at radius 3 is 1.73 bits per heavy atom. The molecule has 0 saturated heterocycles. The van der Waals surface area contributed by atoms with E-state index >= 15 is 0 Å². The molecule has 3 N–H and O–H groups in total. The summed E-state index contributed by atoms with van der Waals surface area (Å²) in [7, 11) is 0. The van der Waals surface area contributed by atoms with Crippen LogP contribution in [0.4, 0.5) is 0 Å². The fourth-order valence-corrected chi connectivity index (χ4v) is 4.03. The zero-order valence-electron chi connectivity index (χ0n) is 26.0. The quantitative estimate of drug-likeness (QED) is 0.241. The number of carbonyl (C=O) groups excluding carboxylic acids is 3. The van der Waals surface area contributed by atoms with Crippen LogP contribution in [0.15, 0.2) is 18.2 Å². The van der Waals surface area contributed by atoms with E-state index in [4.69, 9.17) is 19.9 Å². The van der Waals surface area contributed by atoms with Gasteiger partial charge in [0.05, 0.1) is 18.8 Å². The van der Waals surface area contributed by atoms with Gasteiger partial charge in [-0.25, -0.2) is 0 Å². The summed E-state index contributed by atoms with van der Waals surface area (Å²) in [6, 6.07) is 3.19. The Kier molecular flexibility index (Phi) is 12.4. The smallest absolute Gasteiger partial charge is 0.321 e. The van der Waals surface area contributed by atoms with E-state index in [0.29, 0.717) is 5.56 Å². The highest BCUT2D eigenvalue weighted by molar-refractivity contribution is 5.78. The van der Waals surface area contributed by atoms with Gasteiger partial charge in [0.2, 0.25) is 0 Å². The van der Waals surface area contributed by atoms with Crippen molar-refractivity contribution in [3.8, 4) is 11.5 Å². The summed E-state index contributed by atoms with van der Waals surface area (Å²) in [5.74, 6) is -4.23. The molecule has 0 fully saturated rings. The molecule has 0 aliphatic heterocycles. The first-order valence-corrected chi connectivity index (χ1v) is 13.9. The molecule has 0 aliphatic rings. The molecule has 0 aromatic heterocycles. The fourth-order valence-electron chi connectivity index (χ4n) is 4.03. The molecule has 226 valence electrons. The van der Waals surface area contributed by atoms with Crippen molar-refractivity contribution in [3.63, 3.8) is 0 Å². The lowest BCUT2D eigenvalue weighted by Crippen LogP contribution is -2.43. The van der Waals surface area contributed by atoms with Gasteiger partial charge in [-0.15, -0.1) is 0 Å². The van der Waals surface area contributed by atoms with Crippen molar-refractivity contribution in [3.05, 3.63) is 23.8 Å². The largest absolute Gasteiger partial charge is 0.480 e. The van der Waals surface area contributed by atoms with Crippen LogP contribution in [-0.4, -0.2) is 41.1 Å². The molecule has 9 heteroatoms. The number of hydrogen-bond donors (Lipinski definition) is 2. The standard InChI is InChI=1S/C31H49NO8/c1-17(2)18(3)29(37)38-20(5)19(4)26(27(32)28(35)36)21-12-13-22(39-24(33)15-30(6,7)8)23(14-21)40-25(34)16-31(9,10)11/h12-14,17-20,26-27H,15-16,32H2,1-11H3,(H,35,36)/t18?,19?,20?,26?,27-/m0/s1. The molecule has 0 amide bonds. The van der Waals surface area contributed by atoms with Gasteiger partial charge in [-0.3, -0.25) is 19.2 Å². The lowest BCUT2D eigenvalue weighted by molar-refractivity contribution is -0.157. The summed E-state index contributed by atoms with van der Waals surface area (Å²) in [5, 5.41) is 9.82. The lowest BCUT2D eigenvalue weighted by Gasteiger charge is -2.32. The normalized spacial score (nSPS) is 15.9. The highest BCUT2D eigenvalue weighted by atomic mass is 16.6. The Morgan fingerprint density at radius 1 is 0.825 bits per heavy atom. The molecule has 1 aromatic rings. The SMILES string of the molecule is CC(C)C(C)C(=O)OC(C)C(C)C(c1ccc(OC(=O)CC(C)(C)C)c(OC(=O)CC(C)(C)C)c1)[C@H](N)C(=O)O. The van der Waals surface area contributed by atoms with E-state index in [2.05, 4.69) is 0 Å². The van der Waals surface area contributed by atoms with Crippen molar-refractivity contribution >= 4 is 23.9 Å². The Balaban J connectivity index is 3.52. The van der Waals surface area contributed by atoms with Crippen LogP contribution in [0, 0.1) is 28.6 Å². The Labute approximate surface area is 239 Å². The van der Waals surface area contributed by atoms with E-state index in [1.807, 2.05) is 55.4 Å². The number of carbonyl (C=O) groups is 4. The summed E-state index contributed by atoms with van der Waals surface area (Å²) in [6.45, 7) is 20.4. The maximum absolute atomic E-state index is 12.8. The number of benzene rings is 1. The van der Waals surface area contributed by atoms with E-state index in [1.165, 1.54) is 12.1 Å². The van der Waals surface area contributed by atoms with Gasteiger partial charge in [0.15, 0.2) is 11.5 Å². The third kappa shape index (κ3) is 11.3. The Morgan fingerprint density at radius 2 is 1.30 bits per heavy atom. The maximum atomic E-state index is 12.8. The fraction of sp³-hybridized carbons (Fsp3) is 0.677. The molecule has 40 heavy (non-hydrogen) atoms. The van der Waals surface area contributed by atoms with Crippen LogP contribution in [0.2, 0.25) is 0 Å². The molecule has 4 unspecified atom stereocenters. The highest BCUT2D eigenvalue weighted by Gasteiger charge is 2.36. The van der Waals surface area contributed by atoms with Gasteiger partial charge < -0.3 is 25.1 Å². The second kappa shape index (κ2) is 14.1. The first-order valence-electron chi connectivity index (χ1n) is 13.9. The summed E-state index contributed by atoms with van der Waals surface area (Å²) < 4.78 is 16.9. The van der Waals surface area contributed by atoms with Crippen molar-refractivity contribution in [2.45, 2.75) is 107 Å². The molecule has 0 saturated carbocycles. The number of rotatable bonds is 12. The zero-order valence-corrected chi connectivity index (χ0v) is 26.0. The second-order valence-corrected chi connectivity index (χ2v) is 13.6. The summed E-state index contributed by atoms with van der Waals surface area (Å²) >= 11 is 0. The van der Waals surface area contributed by atoms with E-state index in [-0.39, 0.29) is 53.0 Å². The molecule has 1 aromatic carbocycles. The van der Waals surface area contributed by atoms with Gasteiger partial charge in [0, 0.05) is 11.8 Å². The van der Waals surface area contributed by atoms with Gasteiger partial charge in [-0.1, -0.05) is 75.3 Å². The van der Waals surface area contributed by atoms with E-state index in [9.17, 15) is 24.3 Å². The average molecular weight is 564 g/mol. The molecule has 0 aliphatic carbocycles. The first kappa shape index (κ1) is 35.1. The van der Waals surface area contributed by atoms with Gasteiger partial charge >= 0.3 is 23.9 Å². The molecular formula is C31H49NO8. The Bertz CT molecular complexity index is 1050. The van der Waals surface area contributed by atoms with Crippen molar-refractivity contribution in [1.82, 2.24) is 0 Å². The zero-order chi connectivity index (χ0) is 31.2. The van der Waals surface area contributed by atoms with Crippen LogP contribution < -0.4 is 15.2 Å². The molecule has 0 spiro atoms. The van der Waals surface area contributed by atoms with Crippen molar-refractivity contribution in [2.24, 2.45) is 34.3 Å². The predicted octanol–water partition coefficient (Wildman–Crippen LogP) is 5.73. The van der Waals surface area contributed by atoms with Crippen molar-refractivity contribution < 1.29 is 38.5 Å². The number of aliphatic carboxylic acids is 1. The second-order valence-electron chi connectivity index (χ2n) is 13.6. The first-order chi connectivity index (χ1) is 18.1. The third-order valence-corrected chi connectivity index (χ3v) is 6.80. The van der Waals surface area contributed by atoms with Crippen LogP contribution >= 0.6 is 0 Å². The predicted molar refractivity (Wildman–Crippen MR) is 153 cm³/mol. The van der Waals surface area contributed by atoms with Gasteiger partial charge in [0.25, 0.3) is 0 Å². The van der Waals surface area contributed by atoms with Gasteiger partial charge in [0.1, 0.15) is 12.1 Å². The maximum Gasteiger partial charge on any atom is 0.321 e. The Hall–Kier alpha value is -2.94. The number of carboxylic acid groups (broad SMARTS) is 1.